The van der Waals surface area contributed by atoms with E-state index in [9.17, 15) is 0 Å². The van der Waals surface area contributed by atoms with Crippen LogP contribution in [0.25, 0.3) is 0 Å². The number of hydrogen-bond acceptors (Lipinski definition) is 1. The van der Waals surface area contributed by atoms with Gasteiger partial charge in [-0.25, -0.2) is 0 Å². The maximum Gasteiger partial charge on any atom is 0.0643 e. The highest BCUT2D eigenvalue weighted by molar-refractivity contribution is 5.57. The molecule has 1 nitrogen and oxygen atoms in total. The van der Waals surface area contributed by atoms with E-state index in [1.54, 1.807) is 0 Å². The van der Waals surface area contributed by atoms with E-state index in [-0.39, 0.29) is 11.0 Å². The summed E-state index contributed by atoms with van der Waals surface area (Å²) in [6.45, 7) is 11.4. The van der Waals surface area contributed by atoms with Crippen molar-refractivity contribution in [3.63, 3.8) is 0 Å². The van der Waals surface area contributed by atoms with Crippen molar-refractivity contribution in [2.45, 2.75) is 58.4 Å². The second-order valence-electron chi connectivity index (χ2n) is 8.68. The van der Waals surface area contributed by atoms with Crippen LogP contribution >= 0.6 is 0 Å². The van der Waals surface area contributed by atoms with E-state index in [4.69, 9.17) is 0 Å². The fraction of sp³-hybridized carbons (Fsp3) is 0.360. The zero-order chi connectivity index (χ0) is 18.8. The normalized spacial score (nSPS) is 14.9. The maximum atomic E-state index is 2.50. The van der Waals surface area contributed by atoms with Gasteiger partial charge in [0.25, 0.3) is 0 Å². The van der Waals surface area contributed by atoms with Gasteiger partial charge >= 0.3 is 0 Å². The van der Waals surface area contributed by atoms with Crippen LogP contribution in [0, 0.1) is 0 Å². The Labute approximate surface area is 159 Å². The number of rotatable bonds is 4. The minimum Gasteiger partial charge on any atom is -0.335 e. The zero-order valence-corrected chi connectivity index (χ0v) is 16.8. The predicted molar refractivity (Wildman–Crippen MR) is 114 cm³/mol. The minimum absolute atomic E-state index is 0.130. The molecule has 0 aromatic heterocycles. The van der Waals surface area contributed by atoms with Crippen LogP contribution in [-0.4, -0.2) is 0 Å². The first-order valence-corrected chi connectivity index (χ1v) is 9.62. The van der Waals surface area contributed by atoms with Crippen molar-refractivity contribution < 1.29 is 0 Å². The third kappa shape index (κ3) is 3.77. The lowest BCUT2D eigenvalue weighted by Crippen LogP contribution is -2.41. The fourth-order valence-corrected chi connectivity index (χ4v) is 3.71. The standard InChI is InChI=1S/C25H31N/c1-24(2,3)20-16-18-21(19-17-20)25(4,5)26(22-12-8-6-9-13-22)23-14-10-7-11-15-23/h6-10,12-14,16-19H,11,15H2,1-5H3. The summed E-state index contributed by atoms with van der Waals surface area (Å²) in [5.74, 6) is 0. The molecule has 3 rings (SSSR count). The van der Waals surface area contributed by atoms with Gasteiger partial charge in [0, 0.05) is 11.4 Å². The smallest absolute Gasteiger partial charge is 0.0643 e. The molecule has 0 unspecified atom stereocenters. The first-order chi connectivity index (χ1) is 12.3. The quantitative estimate of drug-likeness (QED) is 0.579. The van der Waals surface area contributed by atoms with Crippen molar-refractivity contribution in [1.82, 2.24) is 0 Å². The van der Waals surface area contributed by atoms with Gasteiger partial charge in [-0.1, -0.05) is 75.4 Å². The number of nitrogens with zero attached hydrogens (tertiary/aromatic N) is 1. The molecule has 136 valence electrons. The Balaban J connectivity index is 2.04. The van der Waals surface area contributed by atoms with E-state index in [2.05, 4.69) is 112 Å². The SMILES string of the molecule is CC(C)(C)c1ccc(C(C)(C)N(C2=CC=CCC2)c2ccccc2)cc1. The van der Waals surface area contributed by atoms with Crippen LogP contribution in [0.15, 0.2) is 78.5 Å². The van der Waals surface area contributed by atoms with Crippen molar-refractivity contribution in [3.8, 4) is 0 Å². The van der Waals surface area contributed by atoms with E-state index < -0.39 is 0 Å². The lowest BCUT2D eigenvalue weighted by Gasteiger charge is -2.43. The highest BCUT2D eigenvalue weighted by atomic mass is 15.2. The molecule has 0 heterocycles. The lowest BCUT2D eigenvalue weighted by molar-refractivity contribution is 0.506. The van der Waals surface area contributed by atoms with E-state index in [0.29, 0.717) is 0 Å². The Hall–Kier alpha value is -2.28. The van der Waals surface area contributed by atoms with Gasteiger partial charge in [0.1, 0.15) is 0 Å². The second-order valence-corrected chi connectivity index (χ2v) is 8.68. The van der Waals surface area contributed by atoms with Crippen LogP contribution < -0.4 is 4.90 Å². The van der Waals surface area contributed by atoms with Gasteiger partial charge < -0.3 is 4.90 Å². The fourth-order valence-electron chi connectivity index (χ4n) is 3.71. The highest BCUT2D eigenvalue weighted by Crippen LogP contribution is 2.38. The number of anilines is 1. The number of hydrogen-bond donors (Lipinski definition) is 0. The predicted octanol–water partition coefficient (Wildman–Crippen LogP) is 6.96. The molecule has 0 radical (unpaired) electrons. The summed E-state index contributed by atoms with van der Waals surface area (Å²) in [6.07, 6.45) is 8.89. The third-order valence-electron chi connectivity index (χ3n) is 5.31. The zero-order valence-electron chi connectivity index (χ0n) is 16.8. The van der Waals surface area contributed by atoms with Crippen molar-refractivity contribution in [2.75, 3.05) is 4.90 Å². The molecular weight excluding hydrogens is 314 g/mol. The van der Waals surface area contributed by atoms with Crippen molar-refractivity contribution >= 4 is 5.69 Å². The van der Waals surface area contributed by atoms with Gasteiger partial charge in [-0.3, -0.25) is 0 Å². The summed E-state index contributed by atoms with van der Waals surface area (Å²) >= 11 is 0. The Morgan fingerprint density at radius 2 is 1.38 bits per heavy atom. The van der Waals surface area contributed by atoms with Crippen LogP contribution in [-0.2, 0) is 11.0 Å². The van der Waals surface area contributed by atoms with E-state index >= 15 is 0 Å². The molecule has 2 aromatic rings. The van der Waals surface area contributed by atoms with E-state index in [0.717, 1.165) is 12.8 Å². The van der Waals surface area contributed by atoms with Gasteiger partial charge in [-0.2, -0.15) is 0 Å². The molecule has 1 aliphatic carbocycles. The Morgan fingerprint density at radius 3 is 1.92 bits per heavy atom. The molecular formula is C25H31N. The maximum absolute atomic E-state index is 2.50. The molecule has 0 fully saturated rings. The molecule has 0 spiro atoms. The molecule has 0 saturated heterocycles. The van der Waals surface area contributed by atoms with Crippen molar-refractivity contribution in [2.24, 2.45) is 0 Å². The van der Waals surface area contributed by atoms with Crippen molar-refractivity contribution in [1.29, 1.82) is 0 Å². The average Bonchev–Trinajstić information content (AvgIpc) is 2.63. The van der Waals surface area contributed by atoms with Gasteiger partial charge in [-0.15, -0.1) is 0 Å². The molecule has 0 atom stereocenters. The third-order valence-corrected chi connectivity index (χ3v) is 5.31. The Bertz CT molecular complexity index is 786. The van der Waals surface area contributed by atoms with Gasteiger partial charge in [0.05, 0.1) is 5.54 Å². The average molecular weight is 346 g/mol. The first-order valence-electron chi connectivity index (χ1n) is 9.62. The molecule has 0 amide bonds. The molecule has 0 N–H and O–H groups in total. The molecule has 1 heteroatoms. The Morgan fingerprint density at radius 1 is 0.769 bits per heavy atom. The monoisotopic (exact) mass is 345 g/mol. The number of para-hydroxylation sites is 1. The van der Waals surface area contributed by atoms with E-state index in [1.165, 1.54) is 22.5 Å². The van der Waals surface area contributed by atoms with E-state index in [1.807, 2.05) is 0 Å². The molecule has 0 saturated carbocycles. The second kappa shape index (κ2) is 7.15. The van der Waals surface area contributed by atoms with Gasteiger partial charge in [-0.05, 0) is 61.4 Å². The van der Waals surface area contributed by atoms with Crippen LogP contribution in [0.3, 0.4) is 0 Å². The highest BCUT2D eigenvalue weighted by Gasteiger charge is 2.32. The van der Waals surface area contributed by atoms with Gasteiger partial charge in [0.2, 0.25) is 0 Å². The summed E-state index contributed by atoms with van der Waals surface area (Å²) in [5.41, 5.74) is 5.39. The summed E-state index contributed by atoms with van der Waals surface area (Å²) in [6, 6.07) is 19.9. The Kier molecular flexibility index (Phi) is 5.09. The first kappa shape index (κ1) is 18.5. The molecule has 26 heavy (non-hydrogen) atoms. The van der Waals surface area contributed by atoms with Crippen LogP contribution in [0.2, 0.25) is 0 Å². The summed E-state index contributed by atoms with van der Waals surface area (Å²) < 4.78 is 0. The van der Waals surface area contributed by atoms with Crippen molar-refractivity contribution in [3.05, 3.63) is 89.6 Å². The summed E-state index contributed by atoms with van der Waals surface area (Å²) in [7, 11) is 0. The number of benzene rings is 2. The topological polar surface area (TPSA) is 3.24 Å². The molecule has 0 aliphatic heterocycles. The van der Waals surface area contributed by atoms with Gasteiger partial charge in [0.15, 0.2) is 0 Å². The number of allylic oxidation sites excluding steroid dienone is 4. The van der Waals surface area contributed by atoms with Crippen LogP contribution in [0.4, 0.5) is 5.69 Å². The summed E-state index contributed by atoms with van der Waals surface area (Å²) in [5, 5.41) is 0. The largest absolute Gasteiger partial charge is 0.335 e. The molecule has 2 aromatic carbocycles. The lowest BCUT2D eigenvalue weighted by atomic mass is 9.83. The van der Waals surface area contributed by atoms with Crippen LogP contribution in [0.5, 0.6) is 0 Å². The minimum atomic E-state index is -0.130. The molecule has 1 aliphatic rings. The molecule has 0 bridgehead atoms. The van der Waals surface area contributed by atoms with Crippen LogP contribution in [0.1, 0.15) is 58.6 Å². The summed E-state index contributed by atoms with van der Waals surface area (Å²) in [4.78, 5) is 2.50.